The highest BCUT2D eigenvalue weighted by Crippen LogP contribution is 2.25. The number of benzene rings is 1. The second-order valence-electron chi connectivity index (χ2n) is 7.54. The van der Waals surface area contributed by atoms with E-state index in [-0.39, 0.29) is 35.0 Å². The number of anilines is 4. The van der Waals surface area contributed by atoms with E-state index in [9.17, 15) is 14.0 Å². The molecule has 4 N–H and O–H groups in total. The van der Waals surface area contributed by atoms with E-state index in [2.05, 4.69) is 32.3 Å². The highest BCUT2D eigenvalue weighted by molar-refractivity contribution is 5.98. The van der Waals surface area contributed by atoms with Gasteiger partial charge in [0, 0.05) is 25.5 Å². The summed E-state index contributed by atoms with van der Waals surface area (Å²) in [6.45, 7) is 4.80. The lowest BCUT2D eigenvalue weighted by atomic mass is 10.1. The Morgan fingerprint density at radius 2 is 2.06 bits per heavy atom. The standard InChI is InChI=1S/C22H23FN8O2/c1-2-19(32)30-9-5-6-15(13-30)31-12-14(10-26-31)27-22-25-11-16(20(24)33)21(29-22)28-18-8-4-3-7-17(18)23/h2-4,7-8,10-12,15H,1,5-6,9,13H2,(H2,24,33)(H2,25,27,28,29)/t15-/m1/s1. The Morgan fingerprint density at radius 3 is 2.82 bits per heavy atom. The van der Waals surface area contributed by atoms with Crippen molar-refractivity contribution >= 4 is 35.0 Å². The van der Waals surface area contributed by atoms with Crippen molar-refractivity contribution in [1.29, 1.82) is 0 Å². The number of para-hydroxylation sites is 1. The van der Waals surface area contributed by atoms with Gasteiger partial charge in [0.1, 0.15) is 17.2 Å². The number of piperidine rings is 1. The molecule has 2 aromatic heterocycles. The number of carbonyl (C=O) groups is 2. The Balaban J connectivity index is 1.52. The van der Waals surface area contributed by atoms with Crippen LogP contribution in [-0.2, 0) is 4.79 Å². The number of carbonyl (C=O) groups excluding carboxylic acids is 2. The summed E-state index contributed by atoms with van der Waals surface area (Å²) in [5, 5.41) is 10.2. The van der Waals surface area contributed by atoms with Crippen LogP contribution >= 0.6 is 0 Å². The number of nitrogens with one attached hydrogen (secondary N) is 2. The second-order valence-corrected chi connectivity index (χ2v) is 7.54. The lowest BCUT2D eigenvalue weighted by Gasteiger charge is -2.32. The molecule has 1 fully saturated rings. The van der Waals surface area contributed by atoms with E-state index in [1.54, 1.807) is 34.1 Å². The highest BCUT2D eigenvalue weighted by Gasteiger charge is 2.24. The van der Waals surface area contributed by atoms with E-state index in [4.69, 9.17) is 5.73 Å². The minimum atomic E-state index is -0.746. The van der Waals surface area contributed by atoms with Crippen LogP contribution in [-0.4, -0.2) is 49.6 Å². The van der Waals surface area contributed by atoms with Gasteiger partial charge in [-0.3, -0.25) is 14.3 Å². The first-order valence-corrected chi connectivity index (χ1v) is 10.4. The van der Waals surface area contributed by atoms with Crippen molar-refractivity contribution in [2.24, 2.45) is 5.73 Å². The lowest BCUT2D eigenvalue weighted by molar-refractivity contribution is -0.127. The van der Waals surface area contributed by atoms with Gasteiger partial charge in [-0.25, -0.2) is 9.37 Å². The third-order valence-corrected chi connectivity index (χ3v) is 5.30. The van der Waals surface area contributed by atoms with Crippen LogP contribution in [0.25, 0.3) is 0 Å². The quantitative estimate of drug-likeness (QED) is 0.472. The SMILES string of the molecule is C=CC(=O)N1CCC[C@@H](n2cc(Nc3ncc(C(N)=O)c(Nc4ccccc4F)n3)cn2)C1. The van der Waals surface area contributed by atoms with Gasteiger partial charge in [0.2, 0.25) is 11.9 Å². The maximum Gasteiger partial charge on any atom is 0.254 e. The van der Waals surface area contributed by atoms with Crippen LogP contribution in [0, 0.1) is 5.82 Å². The van der Waals surface area contributed by atoms with Gasteiger partial charge in [-0.05, 0) is 31.1 Å². The monoisotopic (exact) mass is 450 g/mol. The average Bonchev–Trinajstić information content (AvgIpc) is 3.28. The van der Waals surface area contributed by atoms with E-state index in [0.29, 0.717) is 18.8 Å². The molecule has 0 bridgehead atoms. The van der Waals surface area contributed by atoms with E-state index in [1.165, 1.54) is 24.4 Å². The van der Waals surface area contributed by atoms with Gasteiger partial charge in [0.05, 0.1) is 23.6 Å². The fourth-order valence-corrected chi connectivity index (χ4v) is 3.64. The Kier molecular flexibility index (Phi) is 6.29. The second kappa shape index (κ2) is 9.47. The van der Waals surface area contributed by atoms with Crippen molar-refractivity contribution in [3.8, 4) is 0 Å². The topological polar surface area (TPSA) is 131 Å². The fourth-order valence-electron chi connectivity index (χ4n) is 3.64. The third-order valence-electron chi connectivity index (χ3n) is 5.30. The largest absolute Gasteiger partial charge is 0.365 e. The zero-order valence-corrected chi connectivity index (χ0v) is 17.7. The maximum atomic E-state index is 14.1. The minimum Gasteiger partial charge on any atom is -0.365 e. The van der Waals surface area contributed by atoms with Gasteiger partial charge >= 0.3 is 0 Å². The molecule has 33 heavy (non-hydrogen) atoms. The van der Waals surface area contributed by atoms with Crippen LogP contribution in [0.4, 0.5) is 27.5 Å². The number of hydrogen-bond acceptors (Lipinski definition) is 7. The smallest absolute Gasteiger partial charge is 0.254 e. The van der Waals surface area contributed by atoms with Crippen molar-refractivity contribution in [1.82, 2.24) is 24.6 Å². The average molecular weight is 450 g/mol. The molecule has 2 amide bonds. The first kappa shape index (κ1) is 21.9. The van der Waals surface area contributed by atoms with Crippen LogP contribution in [0.15, 0.2) is 55.5 Å². The predicted octanol–water partition coefficient (Wildman–Crippen LogP) is 2.75. The number of likely N-dealkylation sites (tertiary alicyclic amines) is 1. The Morgan fingerprint density at radius 1 is 1.24 bits per heavy atom. The first-order chi connectivity index (χ1) is 15.9. The van der Waals surface area contributed by atoms with Gasteiger partial charge < -0.3 is 21.3 Å². The van der Waals surface area contributed by atoms with Crippen molar-refractivity contribution in [3.63, 3.8) is 0 Å². The molecule has 1 aromatic carbocycles. The molecule has 10 nitrogen and oxygen atoms in total. The lowest BCUT2D eigenvalue weighted by Crippen LogP contribution is -2.39. The normalized spacial score (nSPS) is 15.7. The van der Waals surface area contributed by atoms with E-state index >= 15 is 0 Å². The number of nitrogens with two attached hydrogens (primary N) is 1. The molecule has 11 heteroatoms. The molecule has 4 rings (SSSR count). The Labute approximate surface area is 189 Å². The zero-order chi connectivity index (χ0) is 23.4. The molecular formula is C22H23FN8O2. The number of rotatable bonds is 7. The summed E-state index contributed by atoms with van der Waals surface area (Å²) in [5.41, 5.74) is 6.20. The number of aromatic nitrogens is 4. The highest BCUT2D eigenvalue weighted by atomic mass is 19.1. The predicted molar refractivity (Wildman–Crippen MR) is 121 cm³/mol. The van der Waals surface area contributed by atoms with Crippen molar-refractivity contribution in [3.05, 3.63) is 66.9 Å². The molecular weight excluding hydrogens is 427 g/mol. The van der Waals surface area contributed by atoms with Gasteiger partial charge in [-0.15, -0.1) is 0 Å². The van der Waals surface area contributed by atoms with Gasteiger partial charge in [0.25, 0.3) is 5.91 Å². The minimum absolute atomic E-state index is 0.0219. The van der Waals surface area contributed by atoms with Crippen LogP contribution < -0.4 is 16.4 Å². The van der Waals surface area contributed by atoms with Crippen molar-refractivity contribution in [2.45, 2.75) is 18.9 Å². The summed E-state index contributed by atoms with van der Waals surface area (Å²) < 4.78 is 15.8. The number of nitrogens with zero attached hydrogens (tertiary/aromatic N) is 5. The third kappa shape index (κ3) is 4.97. The molecule has 1 atom stereocenters. The summed E-state index contributed by atoms with van der Waals surface area (Å²) in [7, 11) is 0. The molecule has 0 spiro atoms. The van der Waals surface area contributed by atoms with E-state index in [1.807, 2.05) is 0 Å². The summed E-state index contributed by atoms with van der Waals surface area (Å²) >= 11 is 0. The Hall–Kier alpha value is -4.28. The molecule has 0 aliphatic carbocycles. The van der Waals surface area contributed by atoms with Gasteiger partial charge in [0.15, 0.2) is 0 Å². The van der Waals surface area contributed by atoms with Gasteiger partial charge in [-0.2, -0.15) is 10.1 Å². The number of amides is 2. The molecule has 170 valence electrons. The summed E-state index contributed by atoms with van der Waals surface area (Å²) in [5.74, 6) is -1.10. The summed E-state index contributed by atoms with van der Waals surface area (Å²) in [6.07, 6.45) is 7.76. The molecule has 0 unspecified atom stereocenters. The zero-order valence-electron chi connectivity index (χ0n) is 17.7. The van der Waals surface area contributed by atoms with Crippen LogP contribution in [0.1, 0.15) is 29.2 Å². The van der Waals surface area contributed by atoms with Crippen LogP contribution in [0.2, 0.25) is 0 Å². The fraction of sp³-hybridized carbons (Fsp3) is 0.227. The van der Waals surface area contributed by atoms with Gasteiger partial charge in [-0.1, -0.05) is 18.7 Å². The molecule has 0 radical (unpaired) electrons. The summed E-state index contributed by atoms with van der Waals surface area (Å²) in [4.78, 5) is 33.9. The molecule has 1 aliphatic rings. The first-order valence-electron chi connectivity index (χ1n) is 10.4. The molecule has 3 aromatic rings. The number of hydrogen-bond donors (Lipinski definition) is 3. The van der Waals surface area contributed by atoms with Crippen molar-refractivity contribution in [2.75, 3.05) is 23.7 Å². The molecule has 1 aliphatic heterocycles. The van der Waals surface area contributed by atoms with E-state index < -0.39 is 11.7 Å². The maximum absolute atomic E-state index is 14.1. The molecule has 3 heterocycles. The summed E-state index contributed by atoms with van der Waals surface area (Å²) in [6, 6.07) is 6.05. The van der Waals surface area contributed by atoms with Crippen molar-refractivity contribution < 1.29 is 14.0 Å². The molecule has 1 saturated heterocycles. The number of halogens is 1. The van der Waals surface area contributed by atoms with E-state index in [0.717, 1.165) is 12.8 Å². The van der Waals surface area contributed by atoms with Crippen LogP contribution in [0.5, 0.6) is 0 Å². The Bertz CT molecular complexity index is 1190. The van der Waals surface area contributed by atoms with Crippen LogP contribution in [0.3, 0.4) is 0 Å². The number of primary amides is 1. The molecule has 0 saturated carbocycles.